The van der Waals surface area contributed by atoms with Crippen molar-refractivity contribution in [1.82, 2.24) is 0 Å². The van der Waals surface area contributed by atoms with Crippen LogP contribution in [0, 0.1) is 0 Å². The van der Waals surface area contributed by atoms with Crippen LogP contribution in [0.4, 0.5) is 0 Å². The number of carbonyl (C=O) groups is 2. The molecule has 0 aliphatic carbocycles. The summed E-state index contributed by atoms with van der Waals surface area (Å²) in [5, 5.41) is 36.7. The van der Waals surface area contributed by atoms with Crippen molar-refractivity contribution in [2.24, 2.45) is 0 Å². The molecule has 0 aromatic carbocycles. The first-order chi connectivity index (χ1) is 5.95. The first kappa shape index (κ1) is 9.90. The first-order valence-electron chi connectivity index (χ1n) is 3.40. The summed E-state index contributed by atoms with van der Waals surface area (Å²) in [4.78, 5) is 20.7. The Hall–Kier alpha value is -1.18. The molecule has 1 fully saturated rings. The number of carboxylic acid groups (broad SMARTS) is 1. The fourth-order valence-corrected chi connectivity index (χ4v) is 0.978. The van der Waals surface area contributed by atoms with Gasteiger partial charge in [-0.05, 0) is 0 Å². The Morgan fingerprint density at radius 2 is 2.08 bits per heavy atom. The smallest absolute Gasteiger partial charge is 0.338 e. The van der Waals surface area contributed by atoms with Gasteiger partial charge < -0.3 is 30.0 Å². The highest BCUT2D eigenvalue weighted by molar-refractivity contribution is 5.80. The van der Waals surface area contributed by atoms with Gasteiger partial charge in [0.25, 0.3) is 0 Å². The van der Waals surface area contributed by atoms with Gasteiger partial charge in [-0.2, -0.15) is 0 Å². The lowest BCUT2D eigenvalue weighted by Crippen LogP contribution is -2.48. The highest BCUT2D eigenvalue weighted by Gasteiger charge is 2.46. The van der Waals surface area contributed by atoms with Gasteiger partial charge in [-0.1, -0.05) is 0 Å². The number of hydrogen-bond acceptors (Lipinski definition) is 7. The lowest BCUT2D eigenvalue weighted by molar-refractivity contribution is -0.319. The van der Waals surface area contributed by atoms with Crippen LogP contribution in [0.2, 0.25) is 0 Å². The largest absolute Gasteiger partial charge is 0.547 e. The number of esters is 1. The molecular weight excluding hydrogens is 184 g/mol. The van der Waals surface area contributed by atoms with Crippen LogP contribution in [0.1, 0.15) is 0 Å². The van der Waals surface area contributed by atoms with Crippen molar-refractivity contribution in [3.63, 3.8) is 0 Å². The SMILES string of the molecule is O=C1O[C@@H]([C@@H](O)C(=O)[O-])[C@@H](O)[C@@H]1O. The quantitative estimate of drug-likeness (QED) is 0.377. The molecule has 3 N–H and O–H groups in total. The summed E-state index contributed by atoms with van der Waals surface area (Å²) in [5.41, 5.74) is 0. The average molecular weight is 191 g/mol. The molecule has 0 aromatic rings. The maximum absolute atomic E-state index is 10.6. The Bertz CT molecular complexity index is 237. The molecule has 1 aliphatic rings. The minimum Gasteiger partial charge on any atom is -0.547 e. The van der Waals surface area contributed by atoms with Crippen LogP contribution < -0.4 is 5.11 Å². The maximum atomic E-state index is 10.6. The van der Waals surface area contributed by atoms with Crippen LogP contribution in [-0.4, -0.2) is 51.7 Å². The Labute approximate surface area is 72.2 Å². The lowest BCUT2D eigenvalue weighted by atomic mass is 10.1. The molecule has 7 nitrogen and oxygen atoms in total. The Balaban J connectivity index is 2.73. The van der Waals surface area contributed by atoms with Crippen molar-refractivity contribution in [3.05, 3.63) is 0 Å². The van der Waals surface area contributed by atoms with Gasteiger partial charge in [-0.3, -0.25) is 0 Å². The zero-order valence-corrected chi connectivity index (χ0v) is 6.28. The standard InChI is InChI=1S/C6H8O7/c7-1-2(8)6(12)13-4(1)3(9)5(10)11/h1-4,7-9H,(H,10,11)/p-1/t1-,2-,3+,4+/m0/s1. The Morgan fingerprint density at radius 3 is 2.38 bits per heavy atom. The number of rotatable bonds is 2. The molecule has 0 aromatic heterocycles. The number of hydrogen-bond donors (Lipinski definition) is 3. The molecule has 0 bridgehead atoms. The second kappa shape index (κ2) is 3.29. The minimum atomic E-state index is -2.14. The fraction of sp³-hybridized carbons (Fsp3) is 0.667. The lowest BCUT2D eigenvalue weighted by Gasteiger charge is -2.20. The van der Waals surface area contributed by atoms with Gasteiger partial charge in [-0.25, -0.2) is 4.79 Å². The van der Waals surface area contributed by atoms with Gasteiger partial charge in [0.15, 0.2) is 12.2 Å². The van der Waals surface area contributed by atoms with Crippen molar-refractivity contribution in [2.45, 2.75) is 24.4 Å². The van der Waals surface area contributed by atoms with E-state index in [0.29, 0.717) is 0 Å². The van der Waals surface area contributed by atoms with E-state index in [1.807, 2.05) is 0 Å². The predicted molar refractivity (Wildman–Crippen MR) is 32.9 cm³/mol. The van der Waals surface area contributed by atoms with E-state index in [0.717, 1.165) is 0 Å². The normalized spacial score (nSPS) is 35.6. The maximum Gasteiger partial charge on any atom is 0.338 e. The third kappa shape index (κ3) is 1.62. The van der Waals surface area contributed by atoms with Crippen LogP contribution in [0.25, 0.3) is 0 Å². The van der Waals surface area contributed by atoms with E-state index in [9.17, 15) is 14.7 Å². The molecule has 1 saturated heterocycles. The second-order valence-electron chi connectivity index (χ2n) is 2.60. The van der Waals surface area contributed by atoms with Crippen LogP contribution in [0.3, 0.4) is 0 Å². The average Bonchev–Trinajstić information content (AvgIpc) is 2.31. The van der Waals surface area contributed by atoms with Gasteiger partial charge in [0, 0.05) is 0 Å². The molecule has 0 spiro atoms. The Morgan fingerprint density at radius 1 is 1.54 bits per heavy atom. The molecule has 0 saturated carbocycles. The fourth-order valence-electron chi connectivity index (χ4n) is 0.978. The van der Waals surface area contributed by atoms with Crippen molar-refractivity contribution >= 4 is 11.9 Å². The molecule has 1 rings (SSSR count). The highest BCUT2D eigenvalue weighted by Crippen LogP contribution is 2.18. The molecule has 0 unspecified atom stereocenters. The van der Waals surface area contributed by atoms with E-state index >= 15 is 0 Å². The number of ether oxygens (including phenoxy) is 1. The second-order valence-corrected chi connectivity index (χ2v) is 2.60. The number of aliphatic carboxylic acids is 1. The summed E-state index contributed by atoms with van der Waals surface area (Å²) in [6.07, 6.45) is -7.39. The number of aliphatic hydroxyl groups is 3. The van der Waals surface area contributed by atoms with E-state index < -0.39 is 36.4 Å². The Kier molecular flexibility index (Phi) is 2.50. The van der Waals surface area contributed by atoms with E-state index in [1.165, 1.54) is 0 Å². The van der Waals surface area contributed by atoms with Crippen molar-refractivity contribution in [3.8, 4) is 0 Å². The molecule has 1 heterocycles. The topological polar surface area (TPSA) is 127 Å². The molecule has 7 heteroatoms. The highest BCUT2D eigenvalue weighted by atomic mass is 16.6. The molecule has 13 heavy (non-hydrogen) atoms. The summed E-state index contributed by atoms with van der Waals surface area (Å²) < 4.78 is 4.20. The van der Waals surface area contributed by atoms with E-state index in [1.54, 1.807) is 0 Å². The summed E-state index contributed by atoms with van der Waals surface area (Å²) in [7, 11) is 0. The zero-order valence-electron chi connectivity index (χ0n) is 6.28. The summed E-state index contributed by atoms with van der Waals surface area (Å²) in [6.45, 7) is 0. The van der Waals surface area contributed by atoms with Crippen molar-refractivity contribution < 1.29 is 34.8 Å². The zero-order chi connectivity index (χ0) is 10.2. The summed E-state index contributed by atoms with van der Waals surface area (Å²) in [5.74, 6) is -3.05. The van der Waals surface area contributed by atoms with E-state index in [4.69, 9.17) is 15.3 Å². The van der Waals surface area contributed by atoms with E-state index in [-0.39, 0.29) is 0 Å². The monoisotopic (exact) mass is 191 g/mol. The van der Waals surface area contributed by atoms with Gasteiger partial charge in [-0.15, -0.1) is 0 Å². The van der Waals surface area contributed by atoms with Crippen molar-refractivity contribution in [2.75, 3.05) is 0 Å². The van der Waals surface area contributed by atoms with Crippen LogP contribution >= 0.6 is 0 Å². The number of cyclic esters (lactones) is 1. The van der Waals surface area contributed by atoms with Gasteiger partial charge in [0.05, 0.1) is 5.97 Å². The first-order valence-corrected chi connectivity index (χ1v) is 3.40. The third-order valence-corrected chi connectivity index (χ3v) is 1.71. The number of aliphatic hydroxyl groups excluding tert-OH is 3. The van der Waals surface area contributed by atoms with Crippen molar-refractivity contribution in [1.29, 1.82) is 0 Å². The van der Waals surface area contributed by atoms with Gasteiger partial charge in [0.2, 0.25) is 0 Å². The molecular formula is C6H7O7-. The molecule has 0 amide bonds. The summed E-state index contributed by atoms with van der Waals surface area (Å²) in [6, 6.07) is 0. The molecule has 1 aliphatic heterocycles. The summed E-state index contributed by atoms with van der Waals surface area (Å²) >= 11 is 0. The van der Waals surface area contributed by atoms with Gasteiger partial charge >= 0.3 is 5.97 Å². The number of carboxylic acids is 1. The molecule has 74 valence electrons. The van der Waals surface area contributed by atoms with Crippen LogP contribution in [0.15, 0.2) is 0 Å². The van der Waals surface area contributed by atoms with Crippen LogP contribution in [-0.2, 0) is 14.3 Å². The van der Waals surface area contributed by atoms with Crippen LogP contribution in [0.5, 0.6) is 0 Å². The molecule has 4 atom stereocenters. The molecule has 0 radical (unpaired) electrons. The predicted octanol–water partition coefficient (Wildman–Crippen LogP) is -4.26. The number of carbonyl (C=O) groups excluding carboxylic acids is 2. The third-order valence-electron chi connectivity index (χ3n) is 1.71. The van der Waals surface area contributed by atoms with E-state index in [2.05, 4.69) is 4.74 Å². The minimum absolute atomic E-state index is 1.17. The van der Waals surface area contributed by atoms with Gasteiger partial charge in [0.1, 0.15) is 12.2 Å².